The number of hydrogen-bond donors (Lipinski definition) is 1. The second kappa shape index (κ2) is 4.41. The van der Waals surface area contributed by atoms with Crippen LogP contribution in [0.1, 0.15) is 53.9 Å². The summed E-state index contributed by atoms with van der Waals surface area (Å²) in [4.78, 5) is 5.20. The van der Waals surface area contributed by atoms with Crippen LogP contribution in [0.3, 0.4) is 0 Å². The highest BCUT2D eigenvalue weighted by molar-refractivity contribution is 8.13. The lowest BCUT2D eigenvalue weighted by Gasteiger charge is -2.41. The van der Waals surface area contributed by atoms with E-state index in [4.69, 9.17) is 4.99 Å². The minimum Gasteiger partial charge on any atom is -0.362 e. The lowest BCUT2D eigenvalue weighted by atomic mass is 9.69. The minimum absolute atomic E-state index is 0.383. The maximum atomic E-state index is 5.20. The summed E-state index contributed by atoms with van der Waals surface area (Å²) in [6.45, 7) is 12.0. The molecule has 0 amide bonds. The molecule has 2 aliphatic carbocycles. The predicted octanol–water partition coefficient (Wildman–Crippen LogP) is 3.92. The van der Waals surface area contributed by atoms with E-state index in [0.29, 0.717) is 22.9 Å². The van der Waals surface area contributed by atoms with Crippen molar-refractivity contribution in [3.05, 3.63) is 0 Å². The van der Waals surface area contributed by atoms with Crippen LogP contribution in [0.25, 0.3) is 0 Å². The van der Waals surface area contributed by atoms with Crippen LogP contribution in [-0.2, 0) is 0 Å². The van der Waals surface area contributed by atoms with Gasteiger partial charge in [-0.2, -0.15) is 0 Å². The average molecular weight is 280 g/mol. The fourth-order valence-electron chi connectivity index (χ4n) is 4.52. The maximum Gasteiger partial charge on any atom is 0.157 e. The first-order valence-electron chi connectivity index (χ1n) is 7.80. The average Bonchev–Trinajstić information content (AvgIpc) is 2.80. The molecule has 0 radical (unpaired) electrons. The molecular weight excluding hydrogens is 252 g/mol. The lowest BCUT2D eigenvalue weighted by molar-refractivity contribution is 0.142. The lowest BCUT2D eigenvalue weighted by Crippen LogP contribution is -2.45. The Morgan fingerprint density at radius 1 is 1.26 bits per heavy atom. The van der Waals surface area contributed by atoms with Crippen LogP contribution < -0.4 is 5.32 Å². The predicted molar refractivity (Wildman–Crippen MR) is 84.7 cm³/mol. The Kier molecular flexibility index (Phi) is 3.20. The Balaban J connectivity index is 1.83. The number of aliphatic imine (C=N–C) groups is 1. The van der Waals surface area contributed by atoms with Gasteiger partial charge in [0.15, 0.2) is 5.17 Å². The van der Waals surface area contributed by atoms with E-state index < -0.39 is 0 Å². The molecule has 0 aromatic rings. The van der Waals surface area contributed by atoms with E-state index in [1.54, 1.807) is 0 Å². The minimum atomic E-state index is 0.383. The van der Waals surface area contributed by atoms with E-state index in [-0.39, 0.29) is 0 Å². The number of fused-ring (bicyclic) bond motifs is 2. The molecule has 1 N–H and O–H groups in total. The maximum absolute atomic E-state index is 5.20. The van der Waals surface area contributed by atoms with Crippen LogP contribution in [0.2, 0.25) is 0 Å². The van der Waals surface area contributed by atoms with Crippen molar-refractivity contribution < 1.29 is 0 Å². The Labute approximate surface area is 122 Å². The summed E-state index contributed by atoms with van der Waals surface area (Å²) in [6.07, 6.45) is 4.18. The van der Waals surface area contributed by atoms with Crippen molar-refractivity contribution in [1.29, 1.82) is 0 Å². The SMILES string of the molecule is CC1CSC(=NC2C3(C)CCC(C3)C2(C)C)NC1C. The van der Waals surface area contributed by atoms with Crippen molar-refractivity contribution in [3.63, 3.8) is 0 Å². The molecule has 0 aromatic heterocycles. The van der Waals surface area contributed by atoms with Gasteiger partial charge in [-0.15, -0.1) is 0 Å². The normalized spacial score (nSPS) is 50.5. The summed E-state index contributed by atoms with van der Waals surface area (Å²) in [5, 5.41) is 4.83. The third-order valence-corrected chi connectivity index (χ3v) is 7.32. The summed E-state index contributed by atoms with van der Waals surface area (Å²) >= 11 is 1.93. The molecule has 1 heterocycles. The summed E-state index contributed by atoms with van der Waals surface area (Å²) in [5.41, 5.74) is 0.838. The molecular formula is C16H28N2S. The second-order valence-corrected chi connectivity index (χ2v) is 8.98. The number of amidine groups is 1. The van der Waals surface area contributed by atoms with Crippen molar-refractivity contribution >= 4 is 16.9 Å². The number of rotatable bonds is 1. The fraction of sp³-hybridized carbons (Fsp3) is 0.938. The molecule has 1 aliphatic heterocycles. The third kappa shape index (κ3) is 2.12. The Hall–Kier alpha value is -0.180. The molecule has 0 aromatic carbocycles. The third-order valence-electron chi connectivity index (χ3n) is 6.13. The molecule has 2 bridgehead atoms. The molecule has 3 aliphatic rings. The Morgan fingerprint density at radius 3 is 2.58 bits per heavy atom. The van der Waals surface area contributed by atoms with E-state index in [2.05, 4.69) is 39.9 Å². The van der Waals surface area contributed by atoms with E-state index >= 15 is 0 Å². The topological polar surface area (TPSA) is 24.4 Å². The van der Waals surface area contributed by atoms with Crippen LogP contribution in [0.5, 0.6) is 0 Å². The van der Waals surface area contributed by atoms with Gasteiger partial charge >= 0.3 is 0 Å². The first-order chi connectivity index (χ1) is 8.83. The highest BCUT2D eigenvalue weighted by Crippen LogP contribution is 2.63. The van der Waals surface area contributed by atoms with Gasteiger partial charge in [0, 0.05) is 11.8 Å². The largest absolute Gasteiger partial charge is 0.362 e. The van der Waals surface area contributed by atoms with Gasteiger partial charge < -0.3 is 5.32 Å². The van der Waals surface area contributed by atoms with Gasteiger partial charge in [-0.1, -0.05) is 39.5 Å². The number of nitrogens with one attached hydrogen (secondary N) is 1. The molecule has 5 unspecified atom stereocenters. The second-order valence-electron chi connectivity index (χ2n) is 7.97. The highest BCUT2D eigenvalue weighted by atomic mass is 32.2. The Bertz CT molecular complexity index is 399. The van der Waals surface area contributed by atoms with E-state index in [1.165, 1.54) is 30.2 Å². The summed E-state index contributed by atoms with van der Waals surface area (Å²) in [5.74, 6) is 2.84. The molecule has 2 nitrogen and oxygen atoms in total. The van der Waals surface area contributed by atoms with Gasteiger partial charge in [0.05, 0.1) is 6.04 Å². The zero-order valence-electron chi connectivity index (χ0n) is 13.0. The van der Waals surface area contributed by atoms with Crippen LogP contribution in [-0.4, -0.2) is 23.0 Å². The summed E-state index contributed by atoms with van der Waals surface area (Å²) < 4.78 is 0. The van der Waals surface area contributed by atoms with Crippen LogP contribution in [0.15, 0.2) is 4.99 Å². The van der Waals surface area contributed by atoms with Crippen LogP contribution >= 0.6 is 11.8 Å². The molecule has 2 saturated carbocycles. The molecule has 1 saturated heterocycles. The van der Waals surface area contributed by atoms with Gasteiger partial charge in [0.25, 0.3) is 0 Å². The standard InChI is InChI=1S/C16H28N2S/c1-10-9-19-14(17-11(10)2)18-13-15(3,4)12-6-7-16(13,5)8-12/h10-13H,6-9H2,1-5H3,(H,17,18). The molecule has 0 spiro atoms. The molecule has 108 valence electrons. The van der Waals surface area contributed by atoms with Crippen LogP contribution in [0, 0.1) is 22.7 Å². The molecule has 3 rings (SSSR count). The monoisotopic (exact) mass is 280 g/mol. The molecule has 19 heavy (non-hydrogen) atoms. The summed E-state index contributed by atoms with van der Waals surface area (Å²) in [7, 11) is 0. The van der Waals surface area contributed by atoms with E-state index in [9.17, 15) is 0 Å². The number of thioether (sulfide) groups is 1. The smallest absolute Gasteiger partial charge is 0.157 e. The van der Waals surface area contributed by atoms with Crippen molar-refractivity contribution in [1.82, 2.24) is 5.32 Å². The van der Waals surface area contributed by atoms with Crippen molar-refractivity contribution in [2.24, 2.45) is 27.7 Å². The Morgan fingerprint density at radius 2 is 2.00 bits per heavy atom. The van der Waals surface area contributed by atoms with Gasteiger partial charge in [-0.3, -0.25) is 4.99 Å². The quantitative estimate of drug-likeness (QED) is 0.787. The zero-order chi connectivity index (χ0) is 13.8. The van der Waals surface area contributed by atoms with Gasteiger partial charge in [0.1, 0.15) is 0 Å². The number of nitrogens with zero attached hydrogens (tertiary/aromatic N) is 1. The molecule has 5 atom stereocenters. The first-order valence-corrected chi connectivity index (χ1v) is 8.78. The molecule has 3 fully saturated rings. The zero-order valence-corrected chi connectivity index (χ0v) is 13.8. The summed E-state index contributed by atoms with van der Waals surface area (Å²) in [6, 6.07) is 1.07. The van der Waals surface area contributed by atoms with E-state index in [0.717, 1.165) is 11.8 Å². The van der Waals surface area contributed by atoms with Crippen LogP contribution in [0.4, 0.5) is 0 Å². The van der Waals surface area contributed by atoms with Crippen molar-refractivity contribution in [2.45, 2.75) is 66.0 Å². The van der Waals surface area contributed by atoms with E-state index in [1.807, 2.05) is 11.8 Å². The first kappa shape index (κ1) is 13.8. The fourth-order valence-corrected chi connectivity index (χ4v) is 5.68. The number of hydrogen-bond acceptors (Lipinski definition) is 2. The highest BCUT2D eigenvalue weighted by Gasteiger charge is 2.59. The van der Waals surface area contributed by atoms with Gasteiger partial charge in [-0.25, -0.2) is 0 Å². The van der Waals surface area contributed by atoms with Crippen molar-refractivity contribution in [3.8, 4) is 0 Å². The van der Waals surface area contributed by atoms with Crippen molar-refractivity contribution in [2.75, 3.05) is 5.75 Å². The molecule has 3 heteroatoms. The van der Waals surface area contributed by atoms with Gasteiger partial charge in [0.2, 0.25) is 0 Å². The van der Waals surface area contributed by atoms with Gasteiger partial charge in [-0.05, 0) is 48.9 Å².